The number of carbonyl (C=O) groups excluding carboxylic acids is 1. The van der Waals surface area contributed by atoms with Crippen LogP contribution < -0.4 is 4.74 Å². The van der Waals surface area contributed by atoms with Crippen LogP contribution in [-0.4, -0.2) is 86.8 Å². The molecule has 2 aromatic carbocycles. The highest BCUT2D eigenvalue weighted by Gasteiger charge is 2.45. The Balaban J connectivity index is 1.33. The average molecular weight is 632 g/mol. The van der Waals surface area contributed by atoms with Gasteiger partial charge in [0.2, 0.25) is 5.91 Å². The molecule has 1 unspecified atom stereocenters. The van der Waals surface area contributed by atoms with Crippen molar-refractivity contribution in [1.29, 1.82) is 0 Å². The van der Waals surface area contributed by atoms with E-state index in [0.717, 1.165) is 45.2 Å². The zero-order valence-corrected chi connectivity index (χ0v) is 25.9. The molecule has 3 fully saturated rings. The summed E-state index contributed by atoms with van der Waals surface area (Å²) in [6.07, 6.45) is 9.98. The number of rotatable bonds is 7. The van der Waals surface area contributed by atoms with E-state index in [1.807, 2.05) is 17.8 Å². The molecule has 8 nitrogen and oxygen atoms in total. The summed E-state index contributed by atoms with van der Waals surface area (Å²) in [5.41, 5.74) is 0.372. The highest BCUT2D eigenvalue weighted by molar-refractivity contribution is 6.36. The van der Waals surface area contributed by atoms with Crippen LogP contribution in [0.1, 0.15) is 32.1 Å². The summed E-state index contributed by atoms with van der Waals surface area (Å²) in [6.45, 7) is 7.30. The van der Waals surface area contributed by atoms with Gasteiger partial charge in [-0.3, -0.25) is 14.7 Å². The Morgan fingerprint density at radius 1 is 1.18 bits per heavy atom. The van der Waals surface area contributed by atoms with Gasteiger partial charge in [-0.15, -0.1) is 0 Å². The molecule has 1 amide bonds. The minimum Gasteiger partial charge on any atom is -0.443 e. The molecular formula is C34H34ClF2N6O2+. The summed E-state index contributed by atoms with van der Waals surface area (Å²) in [5.74, 6) is -0.857. The lowest BCUT2D eigenvalue weighted by Crippen LogP contribution is -2.43. The van der Waals surface area contributed by atoms with Crippen LogP contribution in [0.15, 0.2) is 49.2 Å². The zero-order chi connectivity index (χ0) is 31.3. The summed E-state index contributed by atoms with van der Waals surface area (Å²) < 4.78 is 39.3. The average Bonchev–Trinajstić information content (AvgIpc) is 3.78. The van der Waals surface area contributed by atoms with Gasteiger partial charge in [0.05, 0.1) is 23.8 Å². The molecule has 232 valence electrons. The van der Waals surface area contributed by atoms with Crippen LogP contribution in [0.25, 0.3) is 32.9 Å². The summed E-state index contributed by atoms with van der Waals surface area (Å²) in [6, 6.07) is 8.21. The van der Waals surface area contributed by atoms with Gasteiger partial charge in [0, 0.05) is 41.1 Å². The fourth-order valence-corrected chi connectivity index (χ4v) is 7.61. The molecule has 0 spiro atoms. The summed E-state index contributed by atoms with van der Waals surface area (Å²) in [7, 11) is 1.84. The first kappa shape index (κ1) is 29.7. The van der Waals surface area contributed by atoms with Crippen LogP contribution in [0.2, 0.25) is 5.02 Å². The molecule has 0 saturated carbocycles. The maximum Gasteiger partial charge on any atom is 0.434 e. The van der Waals surface area contributed by atoms with Gasteiger partial charge >= 0.3 is 11.8 Å². The maximum absolute atomic E-state index is 16.6. The molecule has 5 heterocycles. The van der Waals surface area contributed by atoms with Gasteiger partial charge in [-0.05, 0) is 62.7 Å². The van der Waals surface area contributed by atoms with Crippen molar-refractivity contribution >= 4 is 51.2 Å². The molecule has 3 saturated heterocycles. The predicted octanol–water partition coefficient (Wildman–Crippen LogP) is 6.16. The van der Waals surface area contributed by atoms with E-state index < -0.39 is 11.6 Å². The number of amides is 1. The Labute approximate surface area is 265 Å². The third kappa shape index (κ3) is 5.23. The Bertz CT molecular complexity index is 1870. The number of ether oxygens (including phenoxy) is 1. The van der Waals surface area contributed by atoms with E-state index in [9.17, 15) is 9.18 Å². The number of benzene rings is 2. The van der Waals surface area contributed by atoms with Crippen molar-refractivity contribution in [2.45, 2.75) is 37.6 Å². The monoisotopic (exact) mass is 631 g/mol. The van der Waals surface area contributed by atoms with E-state index >= 15 is 4.39 Å². The molecule has 0 N–H and O–H groups in total. The number of hydrogen-bond donors (Lipinski definition) is 0. The van der Waals surface area contributed by atoms with Crippen molar-refractivity contribution in [3.8, 4) is 17.3 Å². The quantitative estimate of drug-likeness (QED) is 0.138. The number of aromatic nitrogens is 3. The maximum atomic E-state index is 16.6. The van der Waals surface area contributed by atoms with Gasteiger partial charge < -0.3 is 9.64 Å². The second-order valence-electron chi connectivity index (χ2n) is 12.3. The summed E-state index contributed by atoms with van der Waals surface area (Å²) >= 11 is 6.40. The molecule has 3 aliphatic rings. The largest absolute Gasteiger partial charge is 0.443 e. The van der Waals surface area contributed by atoms with E-state index in [2.05, 4.69) is 21.4 Å². The molecule has 4 aromatic rings. The predicted molar refractivity (Wildman–Crippen MR) is 170 cm³/mol. The molecule has 0 aliphatic carbocycles. The van der Waals surface area contributed by atoms with E-state index in [1.54, 1.807) is 35.4 Å². The second-order valence-corrected chi connectivity index (χ2v) is 12.7. The smallest absolute Gasteiger partial charge is 0.434 e. The number of likely N-dealkylation sites (tertiary alicyclic amines) is 1. The van der Waals surface area contributed by atoms with E-state index in [-0.39, 0.29) is 39.6 Å². The molecular weight excluding hydrogens is 598 g/mol. The normalized spacial score (nSPS) is 19.9. The number of carbonyl (C=O) groups is 1. The van der Waals surface area contributed by atoms with E-state index in [0.29, 0.717) is 47.2 Å². The zero-order valence-electron chi connectivity index (χ0n) is 25.1. The topological polar surface area (TPSA) is 74.5 Å². The van der Waals surface area contributed by atoms with Gasteiger partial charge in [0.25, 0.3) is 0 Å². The van der Waals surface area contributed by atoms with Gasteiger partial charge in [0.1, 0.15) is 29.0 Å². The Morgan fingerprint density at radius 2 is 1.98 bits per heavy atom. The third-order valence-corrected chi connectivity index (χ3v) is 9.96. The van der Waals surface area contributed by atoms with Crippen molar-refractivity contribution in [1.82, 2.24) is 24.8 Å². The molecule has 0 radical (unpaired) electrons. The van der Waals surface area contributed by atoms with Crippen LogP contribution >= 0.6 is 11.6 Å². The molecule has 2 aromatic heterocycles. The molecule has 3 aliphatic heterocycles. The van der Waals surface area contributed by atoms with E-state index in [1.165, 1.54) is 12.1 Å². The third-order valence-electron chi connectivity index (χ3n) is 9.59. The first-order valence-electron chi connectivity index (χ1n) is 15.4. The molecule has 45 heavy (non-hydrogen) atoms. The standard InChI is InChI=1S/C34H34ClF2N6O2/c1-3-26(44)42-16-11-21(19-42)18-41(2)32-24-17-38-30(23-8-4-7-22-9-10-25(36)28(35)27(22)23)29(37)31(24)39-33(40-32)45-20-34-12-5-14-43(34)15-6-13-34/h3-4,7-10,17-18,21H,1,5-6,11-16,19-20H2,2H3/q+1. The van der Waals surface area contributed by atoms with Crippen molar-refractivity contribution < 1.29 is 22.9 Å². The van der Waals surface area contributed by atoms with Crippen LogP contribution in [0, 0.1) is 17.6 Å². The van der Waals surface area contributed by atoms with Gasteiger partial charge in [-0.2, -0.15) is 4.98 Å². The molecule has 0 bridgehead atoms. The molecule has 11 heteroatoms. The van der Waals surface area contributed by atoms with Crippen LogP contribution in [0.3, 0.4) is 0 Å². The summed E-state index contributed by atoms with van der Waals surface area (Å²) in [5, 5.41) is 1.35. The van der Waals surface area contributed by atoms with Gasteiger partial charge in [-0.1, -0.05) is 42.4 Å². The minimum absolute atomic E-state index is 0.00793. The Morgan fingerprint density at radius 3 is 2.76 bits per heavy atom. The van der Waals surface area contributed by atoms with Crippen molar-refractivity contribution in [2.24, 2.45) is 5.92 Å². The second kappa shape index (κ2) is 11.7. The SMILES string of the molecule is C=CC(=O)N1CCC(C=[N+](C)c2nc(OCC34CCCN3CCC4)nc3c(F)c(-c4cccc5ccc(F)c(Cl)c45)ncc23)C1. The number of halogens is 3. The fourth-order valence-electron chi connectivity index (χ4n) is 7.33. The Hall–Kier alpha value is -4.02. The fraction of sp³-hybridized carbons (Fsp3) is 0.382. The first-order valence-corrected chi connectivity index (χ1v) is 15.8. The van der Waals surface area contributed by atoms with Gasteiger partial charge in [0.15, 0.2) is 5.82 Å². The van der Waals surface area contributed by atoms with Crippen LogP contribution in [0.4, 0.5) is 14.6 Å². The Kier molecular flexibility index (Phi) is 7.73. The number of pyridine rings is 1. The highest BCUT2D eigenvalue weighted by Crippen LogP contribution is 2.40. The lowest BCUT2D eigenvalue weighted by atomic mass is 9.95. The molecule has 7 rings (SSSR count). The van der Waals surface area contributed by atoms with Crippen LogP contribution in [-0.2, 0) is 4.79 Å². The number of fused-ring (bicyclic) bond motifs is 3. The lowest BCUT2D eigenvalue weighted by molar-refractivity contribution is -0.405. The number of nitrogens with zero attached hydrogens (tertiary/aromatic N) is 6. The number of hydrogen-bond acceptors (Lipinski definition) is 6. The van der Waals surface area contributed by atoms with E-state index in [4.69, 9.17) is 21.3 Å². The van der Waals surface area contributed by atoms with Crippen molar-refractivity contribution in [3.63, 3.8) is 0 Å². The minimum atomic E-state index is -0.674. The lowest BCUT2D eigenvalue weighted by Gasteiger charge is -2.30. The van der Waals surface area contributed by atoms with Gasteiger partial charge in [-0.25, -0.2) is 13.4 Å². The molecule has 1 atom stereocenters. The van der Waals surface area contributed by atoms with Crippen molar-refractivity contribution in [2.75, 3.05) is 39.8 Å². The summed E-state index contributed by atoms with van der Waals surface area (Å²) in [4.78, 5) is 30.3. The van der Waals surface area contributed by atoms with Crippen LogP contribution in [0.5, 0.6) is 6.01 Å². The first-order chi connectivity index (χ1) is 21.8. The van der Waals surface area contributed by atoms with Crippen molar-refractivity contribution in [3.05, 3.63) is 65.8 Å². The highest BCUT2D eigenvalue weighted by atomic mass is 35.5.